The minimum atomic E-state index is -0.593. The predicted molar refractivity (Wildman–Crippen MR) is 63.9 cm³/mol. The number of nitrogens with one attached hydrogen (secondary N) is 1. The van der Waals surface area contributed by atoms with Crippen LogP contribution in [0.5, 0.6) is 0 Å². The Morgan fingerprint density at radius 3 is 2.72 bits per heavy atom. The first-order valence-corrected chi connectivity index (χ1v) is 5.64. The first-order valence-electron chi connectivity index (χ1n) is 5.64. The summed E-state index contributed by atoms with van der Waals surface area (Å²) in [5.41, 5.74) is 2.94. The number of nitrogens with two attached hydrogens (primary N) is 1. The highest BCUT2D eigenvalue weighted by Gasteiger charge is 2.11. The predicted octanol–water partition coefficient (Wildman–Crippen LogP) is 1.00. The van der Waals surface area contributed by atoms with E-state index < -0.39 is 11.6 Å². The van der Waals surface area contributed by atoms with Crippen LogP contribution >= 0.6 is 0 Å². The van der Waals surface area contributed by atoms with Gasteiger partial charge in [0.1, 0.15) is 11.6 Å². The number of hydrogen-bond acceptors (Lipinski definition) is 4. The quantitative estimate of drug-likeness (QED) is 0.416. The summed E-state index contributed by atoms with van der Waals surface area (Å²) in [7, 11) is 1.58. The van der Waals surface area contributed by atoms with Crippen molar-refractivity contribution < 1.29 is 18.3 Å². The van der Waals surface area contributed by atoms with E-state index in [1.54, 1.807) is 7.11 Å². The van der Waals surface area contributed by atoms with Crippen LogP contribution in [0, 0.1) is 11.6 Å². The highest BCUT2D eigenvalue weighted by Crippen LogP contribution is 2.11. The van der Waals surface area contributed by atoms with Crippen molar-refractivity contribution in [2.45, 2.75) is 12.5 Å². The molecule has 4 nitrogen and oxygen atoms in total. The van der Waals surface area contributed by atoms with Gasteiger partial charge in [-0.1, -0.05) is 6.07 Å². The number of methoxy groups -OCH3 is 1. The van der Waals surface area contributed by atoms with Crippen molar-refractivity contribution in [2.24, 2.45) is 5.84 Å². The smallest absolute Gasteiger partial charge is 0.129 e. The Kier molecular flexibility index (Phi) is 6.74. The molecule has 1 rings (SSSR count). The normalized spacial score (nSPS) is 12.7. The average molecular weight is 260 g/mol. The molecule has 1 unspecified atom stereocenters. The van der Waals surface area contributed by atoms with Gasteiger partial charge in [-0.2, -0.15) is 0 Å². The highest BCUT2D eigenvalue weighted by atomic mass is 19.1. The van der Waals surface area contributed by atoms with Gasteiger partial charge in [-0.15, -0.1) is 0 Å². The first-order chi connectivity index (χ1) is 8.67. The topological polar surface area (TPSA) is 56.5 Å². The van der Waals surface area contributed by atoms with E-state index in [1.165, 1.54) is 12.1 Å². The van der Waals surface area contributed by atoms with Crippen molar-refractivity contribution in [3.63, 3.8) is 0 Å². The van der Waals surface area contributed by atoms with Crippen LogP contribution in [0.2, 0.25) is 0 Å². The third-order valence-corrected chi connectivity index (χ3v) is 2.47. The summed E-state index contributed by atoms with van der Waals surface area (Å²) in [6.07, 6.45) is 0.329. The van der Waals surface area contributed by atoms with E-state index in [0.717, 1.165) is 6.07 Å². The molecular formula is C12H18F2N2O2. The second-order valence-corrected chi connectivity index (χ2v) is 3.87. The lowest BCUT2D eigenvalue weighted by Crippen LogP contribution is -2.40. The van der Waals surface area contributed by atoms with E-state index in [1.807, 2.05) is 0 Å². The lowest BCUT2D eigenvalue weighted by Gasteiger charge is -2.16. The van der Waals surface area contributed by atoms with Gasteiger partial charge in [0.2, 0.25) is 0 Å². The van der Waals surface area contributed by atoms with Crippen LogP contribution in [0.25, 0.3) is 0 Å². The molecule has 1 aromatic carbocycles. The van der Waals surface area contributed by atoms with Crippen LogP contribution in [0.15, 0.2) is 18.2 Å². The van der Waals surface area contributed by atoms with Gasteiger partial charge in [-0.25, -0.2) is 8.78 Å². The fraction of sp³-hybridized carbons (Fsp3) is 0.500. The fourth-order valence-corrected chi connectivity index (χ4v) is 1.49. The van der Waals surface area contributed by atoms with Gasteiger partial charge >= 0.3 is 0 Å². The second-order valence-electron chi connectivity index (χ2n) is 3.87. The maximum atomic E-state index is 13.4. The molecule has 0 aliphatic carbocycles. The zero-order valence-electron chi connectivity index (χ0n) is 10.3. The monoisotopic (exact) mass is 260 g/mol. The van der Waals surface area contributed by atoms with Gasteiger partial charge in [0.15, 0.2) is 0 Å². The lowest BCUT2D eigenvalue weighted by molar-refractivity contribution is 0.0586. The second kappa shape index (κ2) is 8.10. The Morgan fingerprint density at radius 1 is 1.33 bits per heavy atom. The molecule has 18 heavy (non-hydrogen) atoms. The Morgan fingerprint density at radius 2 is 2.11 bits per heavy atom. The molecule has 0 heterocycles. The first kappa shape index (κ1) is 15.0. The maximum absolute atomic E-state index is 13.4. The summed E-state index contributed by atoms with van der Waals surface area (Å²) in [5.74, 6) is 4.19. The molecule has 0 fully saturated rings. The molecule has 0 saturated carbocycles. The van der Waals surface area contributed by atoms with Crippen molar-refractivity contribution in [2.75, 3.05) is 26.9 Å². The number of halogens is 2. The van der Waals surface area contributed by atoms with Crippen molar-refractivity contribution in [1.29, 1.82) is 0 Å². The van der Waals surface area contributed by atoms with E-state index in [-0.39, 0.29) is 6.04 Å². The summed E-state index contributed by atoms with van der Waals surface area (Å²) in [6.45, 7) is 1.26. The Hall–Kier alpha value is -1.08. The minimum Gasteiger partial charge on any atom is -0.382 e. The molecule has 0 saturated heterocycles. The van der Waals surface area contributed by atoms with Crippen LogP contribution in [0.4, 0.5) is 8.78 Å². The molecule has 0 aromatic heterocycles. The molecule has 0 aliphatic heterocycles. The average Bonchev–Trinajstić information content (AvgIpc) is 2.35. The van der Waals surface area contributed by atoms with Gasteiger partial charge in [-0.3, -0.25) is 11.3 Å². The zero-order valence-corrected chi connectivity index (χ0v) is 10.3. The van der Waals surface area contributed by atoms with Gasteiger partial charge in [0.25, 0.3) is 0 Å². The van der Waals surface area contributed by atoms with Crippen molar-refractivity contribution in [3.05, 3.63) is 35.4 Å². The number of hydrogen-bond donors (Lipinski definition) is 2. The van der Waals surface area contributed by atoms with Crippen LogP contribution in [-0.2, 0) is 15.9 Å². The van der Waals surface area contributed by atoms with E-state index in [0.29, 0.717) is 31.8 Å². The van der Waals surface area contributed by atoms with Crippen molar-refractivity contribution in [3.8, 4) is 0 Å². The molecule has 3 N–H and O–H groups in total. The van der Waals surface area contributed by atoms with Gasteiger partial charge in [0.05, 0.1) is 19.8 Å². The molecule has 1 atom stereocenters. The maximum Gasteiger partial charge on any atom is 0.129 e. The summed E-state index contributed by atoms with van der Waals surface area (Å²) < 4.78 is 36.3. The van der Waals surface area contributed by atoms with E-state index in [9.17, 15) is 8.78 Å². The van der Waals surface area contributed by atoms with E-state index in [4.69, 9.17) is 15.3 Å². The molecule has 0 radical (unpaired) electrons. The summed E-state index contributed by atoms with van der Waals surface area (Å²) in [4.78, 5) is 0. The van der Waals surface area contributed by atoms with Gasteiger partial charge < -0.3 is 9.47 Å². The third kappa shape index (κ3) is 5.05. The number of ether oxygens (including phenoxy) is 2. The summed E-state index contributed by atoms with van der Waals surface area (Å²) in [6, 6.07) is 3.25. The molecule has 102 valence electrons. The Bertz CT molecular complexity index is 364. The summed E-state index contributed by atoms with van der Waals surface area (Å²) >= 11 is 0. The Balaban J connectivity index is 2.46. The van der Waals surface area contributed by atoms with Crippen LogP contribution < -0.4 is 11.3 Å². The SMILES string of the molecule is COCCOCC(Cc1ccc(F)cc1F)NN. The minimum absolute atomic E-state index is 0.234. The number of hydrazine groups is 1. The molecule has 1 aromatic rings. The molecule has 0 bridgehead atoms. The molecule has 0 spiro atoms. The lowest BCUT2D eigenvalue weighted by atomic mass is 10.1. The number of rotatable bonds is 8. The zero-order chi connectivity index (χ0) is 13.4. The Labute approximate surface area is 105 Å². The van der Waals surface area contributed by atoms with Gasteiger partial charge in [0, 0.05) is 19.2 Å². The molecule has 6 heteroatoms. The van der Waals surface area contributed by atoms with Crippen LogP contribution in [0.1, 0.15) is 5.56 Å². The summed E-state index contributed by atoms with van der Waals surface area (Å²) in [5, 5.41) is 0. The fourth-order valence-electron chi connectivity index (χ4n) is 1.49. The standard InChI is InChI=1S/C12H18F2N2O2/c1-17-4-5-18-8-11(16-15)6-9-2-3-10(13)7-12(9)14/h2-3,7,11,16H,4-6,8,15H2,1H3. The van der Waals surface area contributed by atoms with Crippen LogP contribution in [-0.4, -0.2) is 33.0 Å². The van der Waals surface area contributed by atoms with E-state index >= 15 is 0 Å². The van der Waals surface area contributed by atoms with Crippen LogP contribution in [0.3, 0.4) is 0 Å². The van der Waals surface area contributed by atoms with Crippen molar-refractivity contribution in [1.82, 2.24) is 5.43 Å². The molecular weight excluding hydrogens is 242 g/mol. The number of benzene rings is 1. The van der Waals surface area contributed by atoms with Crippen molar-refractivity contribution >= 4 is 0 Å². The van der Waals surface area contributed by atoms with Gasteiger partial charge in [-0.05, 0) is 18.1 Å². The molecule has 0 aliphatic rings. The van der Waals surface area contributed by atoms with E-state index in [2.05, 4.69) is 5.43 Å². The largest absolute Gasteiger partial charge is 0.382 e. The third-order valence-electron chi connectivity index (χ3n) is 2.47. The highest BCUT2D eigenvalue weighted by molar-refractivity contribution is 5.19. The molecule has 0 amide bonds.